The maximum atomic E-state index is 12.1. The summed E-state index contributed by atoms with van der Waals surface area (Å²) in [6.07, 6.45) is 3.60. The molecule has 0 saturated carbocycles. The van der Waals surface area contributed by atoms with Crippen molar-refractivity contribution in [3.05, 3.63) is 17.5 Å². The minimum Gasteiger partial charge on any atom is -0.368 e. The fraction of sp³-hybridized carbons (Fsp3) is 0.615. The molecule has 0 aliphatic carbocycles. The number of hydrogen-bond acceptors (Lipinski definition) is 5. The molecule has 0 radical (unpaired) electrons. The highest BCUT2D eigenvalue weighted by Crippen LogP contribution is 2.06. The van der Waals surface area contributed by atoms with Crippen LogP contribution in [0.5, 0.6) is 0 Å². The maximum absolute atomic E-state index is 12.1. The van der Waals surface area contributed by atoms with Crippen LogP contribution in [0.4, 0.5) is 5.95 Å². The Balaban J connectivity index is 2.64. The van der Waals surface area contributed by atoms with Crippen LogP contribution < -0.4 is 11.1 Å². The van der Waals surface area contributed by atoms with Gasteiger partial charge in [-0.2, -0.15) is 0 Å². The van der Waals surface area contributed by atoms with Gasteiger partial charge in [0.15, 0.2) is 0 Å². The smallest absolute Gasteiger partial charge is 0.254 e. The molecule has 1 aromatic heterocycles. The highest BCUT2D eigenvalue weighted by Gasteiger charge is 2.15. The molecule has 6 heteroatoms. The largest absolute Gasteiger partial charge is 0.368 e. The van der Waals surface area contributed by atoms with Crippen molar-refractivity contribution in [3.8, 4) is 0 Å². The number of rotatable bonds is 6. The summed E-state index contributed by atoms with van der Waals surface area (Å²) in [6, 6.07) is 0.337. The predicted octanol–water partition coefficient (Wildman–Crippen LogP) is 0.827. The molecule has 3 N–H and O–H groups in total. The Bertz CT molecular complexity index is 433. The van der Waals surface area contributed by atoms with E-state index in [0.29, 0.717) is 23.8 Å². The average Bonchev–Trinajstić information content (AvgIpc) is 2.33. The number of nitrogens with one attached hydrogen (secondary N) is 1. The average molecular weight is 265 g/mol. The Hall–Kier alpha value is -1.69. The van der Waals surface area contributed by atoms with Crippen LogP contribution >= 0.6 is 0 Å². The molecule has 0 aromatic carbocycles. The molecule has 1 amide bonds. The number of amides is 1. The van der Waals surface area contributed by atoms with E-state index in [1.807, 2.05) is 14.1 Å². The third-order valence-electron chi connectivity index (χ3n) is 3.09. The van der Waals surface area contributed by atoms with Crippen LogP contribution in [0.1, 0.15) is 35.8 Å². The van der Waals surface area contributed by atoms with Crippen molar-refractivity contribution < 1.29 is 4.79 Å². The lowest BCUT2D eigenvalue weighted by molar-refractivity contribution is 0.0939. The molecule has 1 aromatic rings. The molecule has 19 heavy (non-hydrogen) atoms. The van der Waals surface area contributed by atoms with E-state index in [-0.39, 0.29) is 11.9 Å². The summed E-state index contributed by atoms with van der Waals surface area (Å²) in [5.41, 5.74) is 6.54. The third kappa shape index (κ3) is 4.48. The first-order chi connectivity index (χ1) is 8.95. The fourth-order valence-corrected chi connectivity index (χ4v) is 1.89. The molecule has 6 nitrogen and oxygen atoms in total. The number of carbonyl (C=O) groups is 1. The van der Waals surface area contributed by atoms with Crippen LogP contribution in [0, 0.1) is 6.92 Å². The summed E-state index contributed by atoms with van der Waals surface area (Å²) >= 11 is 0. The number of nitrogens with zero attached hydrogens (tertiary/aromatic N) is 3. The van der Waals surface area contributed by atoms with E-state index in [1.54, 1.807) is 6.92 Å². The minimum atomic E-state index is -0.152. The zero-order valence-corrected chi connectivity index (χ0v) is 12.1. The van der Waals surface area contributed by atoms with Crippen molar-refractivity contribution in [1.29, 1.82) is 0 Å². The zero-order chi connectivity index (χ0) is 14.4. The topological polar surface area (TPSA) is 84.1 Å². The van der Waals surface area contributed by atoms with Crippen LogP contribution in [0.15, 0.2) is 6.20 Å². The Labute approximate surface area is 114 Å². The SMILES string of the molecule is CCCC(CNC(=O)c1cnc(N)nc1C)N(C)C. The van der Waals surface area contributed by atoms with Gasteiger partial charge < -0.3 is 16.0 Å². The summed E-state index contributed by atoms with van der Waals surface area (Å²) in [5.74, 6) is 0.0339. The monoisotopic (exact) mass is 265 g/mol. The quantitative estimate of drug-likeness (QED) is 0.796. The lowest BCUT2D eigenvalue weighted by Crippen LogP contribution is -2.40. The first kappa shape index (κ1) is 15.4. The first-order valence-electron chi connectivity index (χ1n) is 6.49. The van der Waals surface area contributed by atoms with E-state index in [1.165, 1.54) is 6.20 Å². The third-order valence-corrected chi connectivity index (χ3v) is 3.09. The molecule has 0 bridgehead atoms. The summed E-state index contributed by atoms with van der Waals surface area (Å²) in [7, 11) is 4.04. The second-order valence-corrected chi connectivity index (χ2v) is 4.84. The summed E-state index contributed by atoms with van der Waals surface area (Å²) in [6.45, 7) is 4.50. The molecule has 1 heterocycles. The normalized spacial score (nSPS) is 12.5. The van der Waals surface area contributed by atoms with E-state index in [0.717, 1.165) is 12.8 Å². The number of nitrogen functional groups attached to an aromatic ring is 1. The van der Waals surface area contributed by atoms with Crippen LogP contribution in [-0.2, 0) is 0 Å². The van der Waals surface area contributed by atoms with E-state index in [4.69, 9.17) is 5.73 Å². The summed E-state index contributed by atoms with van der Waals surface area (Å²) < 4.78 is 0. The molecular weight excluding hydrogens is 242 g/mol. The Morgan fingerprint density at radius 3 is 2.74 bits per heavy atom. The van der Waals surface area contributed by atoms with E-state index in [2.05, 4.69) is 27.1 Å². The zero-order valence-electron chi connectivity index (χ0n) is 12.1. The number of anilines is 1. The van der Waals surface area contributed by atoms with Crippen molar-refractivity contribution in [1.82, 2.24) is 20.2 Å². The van der Waals surface area contributed by atoms with Gasteiger partial charge in [-0.05, 0) is 27.4 Å². The number of hydrogen-bond donors (Lipinski definition) is 2. The molecule has 106 valence electrons. The van der Waals surface area contributed by atoms with Gasteiger partial charge in [0.1, 0.15) is 0 Å². The minimum absolute atomic E-state index is 0.152. The van der Waals surface area contributed by atoms with Gasteiger partial charge >= 0.3 is 0 Å². The highest BCUT2D eigenvalue weighted by molar-refractivity contribution is 5.94. The molecule has 0 aliphatic heterocycles. The Morgan fingerprint density at radius 1 is 1.53 bits per heavy atom. The van der Waals surface area contributed by atoms with Gasteiger partial charge in [0.2, 0.25) is 5.95 Å². The van der Waals surface area contributed by atoms with Crippen LogP contribution in [0.3, 0.4) is 0 Å². The predicted molar refractivity (Wildman–Crippen MR) is 75.9 cm³/mol. The molecule has 0 fully saturated rings. The van der Waals surface area contributed by atoms with Gasteiger partial charge in [0, 0.05) is 18.8 Å². The summed E-state index contributed by atoms with van der Waals surface area (Å²) in [5, 5.41) is 2.92. The number of carbonyl (C=O) groups excluding carboxylic acids is 1. The second-order valence-electron chi connectivity index (χ2n) is 4.84. The van der Waals surface area contributed by atoms with E-state index in [9.17, 15) is 4.79 Å². The molecule has 1 atom stereocenters. The Kier molecular flexibility index (Phi) is 5.69. The van der Waals surface area contributed by atoms with Crippen molar-refractivity contribution >= 4 is 11.9 Å². The van der Waals surface area contributed by atoms with Crippen LogP contribution in [-0.4, -0.2) is 47.5 Å². The lowest BCUT2D eigenvalue weighted by Gasteiger charge is -2.24. The van der Waals surface area contributed by atoms with Gasteiger partial charge in [-0.25, -0.2) is 9.97 Å². The highest BCUT2D eigenvalue weighted by atomic mass is 16.1. The van der Waals surface area contributed by atoms with Crippen LogP contribution in [0.2, 0.25) is 0 Å². The van der Waals surface area contributed by atoms with Gasteiger partial charge in [-0.1, -0.05) is 13.3 Å². The van der Waals surface area contributed by atoms with E-state index >= 15 is 0 Å². The molecular formula is C13H23N5O. The van der Waals surface area contributed by atoms with Crippen molar-refractivity contribution in [2.24, 2.45) is 0 Å². The number of aryl methyl sites for hydroxylation is 1. The molecule has 0 saturated heterocycles. The fourth-order valence-electron chi connectivity index (χ4n) is 1.89. The van der Waals surface area contributed by atoms with Gasteiger partial charge in [-0.3, -0.25) is 4.79 Å². The van der Waals surface area contributed by atoms with Crippen molar-refractivity contribution in [2.45, 2.75) is 32.7 Å². The second kappa shape index (κ2) is 7.04. The van der Waals surface area contributed by atoms with Gasteiger partial charge in [0.25, 0.3) is 5.91 Å². The number of likely N-dealkylation sites (N-methyl/N-ethyl adjacent to an activating group) is 1. The van der Waals surface area contributed by atoms with E-state index < -0.39 is 0 Å². The standard InChI is InChI=1S/C13H23N5O/c1-5-6-10(18(3)4)7-15-12(19)11-8-16-13(14)17-9(11)2/h8,10H,5-7H2,1-4H3,(H,15,19)(H2,14,16,17). The molecule has 0 spiro atoms. The maximum Gasteiger partial charge on any atom is 0.254 e. The number of nitrogens with two attached hydrogens (primary N) is 1. The molecule has 0 aliphatic rings. The van der Waals surface area contributed by atoms with Crippen molar-refractivity contribution in [2.75, 3.05) is 26.4 Å². The van der Waals surface area contributed by atoms with Crippen LogP contribution in [0.25, 0.3) is 0 Å². The van der Waals surface area contributed by atoms with Gasteiger partial charge in [-0.15, -0.1) is 0 Å². The first-order valence-corrected chi connectivity index (χ1v) is 6.49. The lowest BCUT2D eigenvalue weighted by atomic mass is 10.1. The Morgan fingerprint density at radius 2 is 2.21 bits per heavy atom. The molecule has 1 rings (SSSR count). The summed E-state index contributed by atoms with van der Waals surface area (Å²) in [4.78, 5) is 22.0. The van der Waals surface area contributed by atoms with Crippen molar-refractivity contribution in [3.63, 3.8) is 0 Å². The molecule has 1 unspecified atom stereocenters. The van der Waals surface area contributed by atoms with Gasteiger partial charge in [0.05, 0.1) is 11.3 Å². The number of aromatic nitrogens is 2.